The van der Waals surface area contributed by atoms with Gasteiger partial charge in [-0.15, -0.1) is 0 Å². The Morgan fingerprint density at radius 1 is 1.33 bits per heavy atom. The Bertz CT molecular complexity index is 396. The van der Waals surface area contributed by atoms with Crippen LogP contribution < -0.4 is 16.4 Å². The molecule has 1 aromatic rings. The average molecular weight is 204 g/mol. The normalized spacial score (nSPS) is 14.7. The molecule has 2 rings (SSSR count). The van der Waals surface area contributed by atoms with E-state index in [0.29, 0.717) is 5.84 Å². The lowest BCUT2D eigenvalue weighted by molar-refractivity contribution is 0.834. The number of nitrogens with one attached hydrogen (secondary N) is 2. The van der Waals surface area contributed by atoms with Gasteiger partial charge < -0.3 is 16.4 Å². The molecule has 4 heteroatoms. The van der Waals surface area contributed by atoms with Crippen molar-refractivity contribution in [3.8, 4) is 0 Å². The molecular formula is C11H16N4. The molecule has 0 unspecified atom stereocenters. The van der Waals surface area contributed by atoms with Crippen molar-refractivity contribution in [2.75, 3.05) is 17.3 Å². The van der Waals surface area contributed by atoms with E-state index in [1.54, 1.807) is 0 Å². The Labute approximate surface area is 89.6 Å². The summed E-state index contributed by atoms with van der Waals surface area (Å²) in [6.07, 6.45) is 0. The van der Waals surface area contributed by atoms with E-state index in [-0.39, 0.29) is 6.04 Å². The maximum atomic E-state index is 5.89. The van der Waals surface area contributed by atoms with Gasteiger partial charge in [0.15, 0.2) is 0 Å². The van der Waals surface area contributed by atoms with Gasteiger partial charge in [-0.3, -0.25) is 4.99 Å². The molecule has 0 saturated heterocycles. The minimum atomic E-state index is 0.226. The molecule has 15 heavy (non-hydrogen) atoms. The van der Waals surface area contributed by atoms with Crippen LogP contribution in [0.2, 0.25) is 0 Å². The molecule has 4 N–H and O–H groups in total. The highest BCUT2D eigenvalue weighted by Crippen LogP contribution is 2.26. The maximum absolute atomic E-state index is 5.89. The molecule has 1 heterocycles. The summed E-state index contributed by atoms with van der Waals surface area (Å²) < 4.78 is 0. The number of nitrogens with two attached hydrogens (primary N) is 1. The van der Waals surface area contributed by atoms with Crippen molar-refractivity contribution in [2.24, 2.45) is 10.7 Å². The van der Waals surface area contributed by atoms with Crippen LogP contribution in [0, 0.1) is 0 Å². The van der Waals surface area contributed by atoms with Crippen LogP contribution in [0.5, 0.6) is 0 Å². The third-order valence-electron chi connectivity index (χ3n) is 2.27. The van der Waals surface area contributed by atoms with Crippen LogP contribution in [0.15, 0.2) is 23.2 Å². The van der Waals surface area contributed by atoms with E-state index >= 15 is 0 Å². The summed E-state index contributed by atoms with van der Waals surface area (Å²) in [7, 11) is 0. The van der Waals surface area contributed by atoms with Crippen molar-refractivity contribution in [3.63, 3.8) is 0 Å². The molecule has 0 radical (unpaired) electrons. The zero-order chi connectivity index (χ0) is 10.8. The quantitative estimate of drug-likeness (QED) is 0.506. The Morgan fingerprint density at radius 2 is 2.07 bits per heavy atom. The predicted octanol–water partition coefficient (Wildman–Crippen LogP) is 1.60. The third-order valence-corrected chi connectivity index (χ3v) is 2.27. The SMILES string of the molecule is CC(C)N=C(N)c1ccc2c(c1)NCN2. The van der Waals surface area contributed by atoms with Crippen LogP contribution in [-0.2, 0) is 0 Å². The van der Waals surface area contributed by atoms with Crippen molar-refractivity contribution >= 4 is 17.2 Å². The van der Waals surface area contributed by atoms with Gasteiger partial charge in [-0.25, -0.2) is 0 Å². The standard InChI is InChI=1S/C11H16N4/c1-7(2)15-11(12)8-3-4-9-10(5-8)14-6-13-9/h3-5,7,13-14H,6H2,1-2H3,(H2,12,15). The molecule has 0 atom stereocenters. The van der Waals surface area contributed by atoms with Gasteiger partial charge in [0, 0.05) is 11.6 Å². The van der Waals surface area contributed by atoms with Gasteiger partial charge >= 0.3 is 0 Å². The first-order valence-corrected chi connectivity index (χ1v) is 5.12. The van der Waals surface area contributed by atoms with Gasteiger partial charge in [0.1, 0.15) is 5.84 Å². The largest absolute Gasteiger partial charge is 0.383 e. The van der Waals surface area contributed by atoms with E-state index in [1.807, 2.05) is 32.0 Å². The molecule has 1 aliphatic heterocycles. The van der Waals surface area contributed by atoms with Crippen LogP contribution in [0.25, 0.3) is 0 Å². The van der Waals surface area contributed by atoms with Crippen molar-refractivity contribution in [2.45, 2.75) is 19.9 Å². The molecule has 4 nitrogen and oxygen atoms in total. The number of amidine groups is 1. The maximum Gasteiger partial charge on any atom is 0.125 e. The fourth-order valence-electron chi connectivity index (χ4n) is 1.59. The van der Waals surface area contributed by atoms with Crippen LogP contribution in [-0.4, -0.2) is 18.5 Å². The third kappa shape index (κ3) is 2.03. The van der Waals surface area contributed by atoms with Gasteiger partial charge in [-0.2, -0.15) is 0 Å². The van der Waals surface area contributed by atoms with Crippen LogP contribution in [0.4, 0.5) is 11.4 Å². The lowest BCUT2D eigenvalue weighted by Gasteiger charge is -2.05. The summed E-state index contributed by atoms with van der Waals surface area (Å²) in [5.41, 5.74) is 9.08. The lowest BCUT2D eigenvalue weighted by Crippen LogP contribution is -2.15. The van der Waals surface area contributed by atoms with Crippen LogP contribution in [0.3, 0.4) is 0 Å². The summed E-state index contributed by atoms with van der Waals surface area (Å²) >= 11 is 0. The van der Waals surface area contributed by atoms with Gasteiger partial charge in [-0.1, -0.05) is 0 Å². The van der Waals surface area contributed by atoms with Crippen molar-refractivity contribution in [3.05, 3.63) is 23.8 Å². The summed E-state index contributed by atoms with van der Waals surface area (Å²) in [6.45, 7) is 4.81. The Kier molecular flexibility index (Phi) is 2.49. The first kappa shape index (κ1) is 9.83. The smallest absolute Gasteiger partial charge is 0.125 e. The highest BCUT2D eigenvalue weighted by Gasteiger charge is 2.10. The molecule has 1 aliphatic rings. The number of fused-ring (bicyclic) bond motifs is 1. The van der Waals surface area contributed by atoms with Gasteiger partial charge in [0.25, 0.3) is 0 Å². The molecular weight excluding hydrogens is 188 g/mol. The fourth-order valence-corrected chi connectivity index (χ4v) is 1.59. The van der Waals surface area contributed by atoms with Crippen molar-refractivity contribution < 1.29 is 0 Å². The van der Waals surface area contributed by atoms with E-state index < -0.39 is 0 Å². The molecule has 80 valence electrons. The molecule has 0 amide bonds. The molecule has 0 saturated carbocycles. The van der Waals surface area contributed by atoms with Gasteiger partial charge in [0.05, 0.1) is 18.0 Å². The van der Waals surface area contributed by atoms with Crippen molar-refractivity contribution in [1.29, 1.82) is 0 Å². The fraction of sp³-hybridized carbons (Fsp3) is 0.364. The monoisotopic (exact) mass is 204 g/mol. The number of hydrogen-bond donors (Lipinski definition) is 3. The van der Waals surface area contributed by atoms with Crippen molar-refractivity contribution in [1.82, 2.24) is 0 Å². The Balaban J connectivity index is 2.30. The molecule has 0 spiro atoms. The van der Waals surface area contributed by atoms with E-state index in [0.717, 1.165) is 23.6 Å². The van der Waals surface area contributed by atoms with Gasteiger partial charge in [-0.05, 0) is 32.0 Å². The van der Waals surface area contributed by atoms with E-state index in [2.05, 4.69) is 15.6 Å². The molecule has 0 aliphatic carbocycles. The Hall–Kier alpha value is -1.71. The zero-order valence-corrected chi connectivity index (χ0v) is 9.04. The van der Waals surface area contributed by atoms with E-state index in [9.17, 15) is 0 Å². The highest BCUT2D eigenvalue weighted by molar-refractivity contribution is 5.99. The topological polar surface area (TPSA) is 62.4 Å². The summed E-state index contributed by atoms with van der Waals surface area (Å²) in [5.74, 6) is 0.599. The summed E-state index contributed by atoms with van der Waals surface area (Å²) in [5, 5.41) is 6.44. The van der Waals surface area contributed by atoms with Gasteiger partial charge in [0.2, 0.25) is 0 Å². The minimum Gasteiger partial charge on any atom is -0.383 e. The van der Waals surface area contributed by atoms with Crippen LogP contribution >= 0.6 is 0 Å². The lowest BCUT2D eigenvalue weighted by atomic mass is 10.1. The number of hydrogen-bond acceptors (Lipinski definition) is 3. The van der Waals surface area contributed by atoms with Crippen LogP contribution in [0.1, 0.15) is 19.4 Å². The summed E-state index contributed by atoms with van der Waals surface area (Å²) in [4.78, 5) is 4.32. The minimum absolute atomic E-state index is 0.226. The number of nitrogens with zero attached hydrogens (tertiary/aromatic N) is 1. The predicted molar refractivity (Wildman–Crippen MR) is 64.4 cm³/mol. The molecule has 0 aromatic heterocycles. The van der Waals surface area contributed by atoms with E-state index in [1.165, 1.54) is 0 Å². The zero-order valence-electron chi connectivity index (χ0n) is 9.04. The number of rotatable bonds is 2. The molecule has 1 aromatic carbocycles. The summed E-state index contributed by atoms with van der Waals surface area (Å²) in [6, 6.07) is 6.26. The number of aliphatic imine (C=N–C) groups is 1. The number of anilines is 2. The Morgan fingerprint density at radius 3 is 2.80 bits per heavy atom. The first-order chi connectivity index (χ1) is 7.16. The number of benzene rings is 1. The highest BCUT2D eigenvalue weighted by atomic mass is 15.1. The average Bonchev–Trinajstić information content (AvgIpc) is 2.62. The molecule has 0 bridgehead atoms. The molecule has 0 fully saturated rings. The second-order valence-corrected chi connectivity index (χ2v) is 3.90. The van der Waals surface area contributed by atoms with E-state index in [4.69, 9.17) is 5.73 Å². The second-order valence-electron chi connectivity index (χ2n) is 3.90. The second kappa shape index (κ2) is 3.81. The first-order valence-electron chi connectivity index (χ1n) is 5.12.